The molecule has 0 spiro atoms. The van der Waals surface area contributed by atoms with Crippen molar-refractivity contribution in [2.75, 3.05) is 13.1 Å². The minimum absolute atomic E-state index is 0. The number of amides is 1. The van der Waals surface area contributed by atoms with E-state index < -0.39 is 0 Å². The highest BCUT2D eigenvalue weighted by molar-refractivity contribution is 6.36. The SMILES string of the molecule is CC(C)(C)CC1CN(C(=O)c2nn3cccnc3c2Cl)CC1N.Cl. The van der Waals surface area contributed by atoms with E-state index in [9.17, 15) is 4.79 Å². The predicted molar refractivity (Wildman–Crippen MR) is 96.7 cm³/mol. The maximum absolute atomic E-state index is 12.8. The lowest BCUT2D eigenvalue weighted by molar-refractivity contribution is 0.0776. The average Bonchev–Trinajstić information content (AvgIpc) is 2.99. The Morgan fingerprint density at radius 1 is 1.42 bits per heavy atom. The molecule has 1 aliphatic heterocycles. The number of rotatable bonds is 2. The Morgan fingerprint density at radius 2 is 2.12 bits per heavy atom. The van der Waals surface area contributed by atoms with Crippen molar-refractivity contribution in [3.05, 3.63) is 29.2 Å². The molecule has 3 heterocycles. The minimum Gasteiger partial charge on any atom is -0.335 e. The molecule has 0 saturated carbocycles. The fraction of sp³-hybridized carbons (Fsp3) is 0.562. The second kappa shape index (κ2) is 6.86. The van der Waals surface area contributed by atoms with Crippen LogP contribution in [0.5, 0.6) is 0 Å². The van der Waals surface area contributed by atoms with Gasteiger partial charge in [-0.2, -0.15) is 5.10 Å². The molecule has 24 heavy (non-hydrogen) atoms. The molecule has 6 nitrogen and oxygen atoms in total. The lowest BCUT2D eigenvalue weighted by Crippen LogP contribution is -2.33. The Balaban J connectivity index is 0.00000208. The number of likely N-dealkylation sites (tertiary alicyclic amines) is 1. The summed E-state index contributed by atoms with van der Waals surface area (Å²) in [4.78, 5) is 18.7. The molecule has 1 aliphatic rings. The second-order valence-corrected chi connectivity index (χ2v) is 7.83. The van der Waals surface area contributed by atoms with E-state index in [2.05, 4.69) is 30.9 Å². The van der Waals surface area contributed by atoms with Crippen molar-refractivity contribution in [3.8, 4) is 0 Å². The number of halogens is 2. The Morgan fingerprint density at radius 3 is 2.75 bits per heavy atom. The van der Waals surface area contributed by atoms with Gasteiger partial charge in [0.15, 0.2) is 11.3 Å². The summed E-state index contributed by atoms with van der Waals surface area (Å²) in [5.41, 5.74) is 7.16. The van der Waals surface area contributed by atoms with Crippen molar-refractivity contribution < 1.29 is 4.79 Å². The van der Waals surface area contributed by atoms with Crippen molar-refractivity contribution in [1.29, 1.82) is 0 Å². The van der Waals surface area contributed by atoms with Crippen LogP contribution < -0.4 is 5.73 Å². The van der Waals surface area contributed by atoms with Crippen LogP contribution in [0.1, 0.15) is 37.7 Å². The van der Waals surface area contributed by atoms with Gasteiger partial charge >= 0.3 is 0 Å². The molecular formula is C16H23Cl2N5O. The summed E-state index contributed by atoms with van der Waals surface area (Å²) in [5, 5.41) is 4.57. The van der Waals surface area contributed by atoms with Crippen LogP contribution in [0.4, 0.5) is 0 Å². The topological polar surface area (TPSA) is 76.5 Å². The molecule has 2 N–H and O–H groups in total. The highest BCUT2D eigenvalue weighted by Crippen LogP contribution is 2.31. The first-order valence-corrected chi connectivity index (χ1v) is 8.18. The molecular weight excluding hydrogens is 349 g/mol. The van der Waals surface area contributed by atoms with Crippen LogP contribution in [0, 0.1) is 11.3 Å². The first-order chi connectivity index (χ1) is 10.8. The highest BCUT2D eigenvalue weighted by atomic mass is 35.5. The summed E-state index contributed by atoms with van der Waals surface area (Å²) in [5.74, 6) is 0.125. The Labute approximate surface area is 152 Å². The van der Waals surface area contributed by atoms with Gasteiger partial charge in [0.25, 0.3) is 5.91 Å². The first-order valence-electron chi connectivity index (χ1n) is 7.80. The molecule has 1 saturated heterocycles. The van der Waals surface area contributed by atoms with Crippen LogP contribution >= 0.6 is 24.0 Å². The number of fused-ring (bicyclic) bond motifs is 1. The smallest absolute Gasteiger partial charge is 0.276 e. The first kappa shape index (κ1) is 19.0. The van der Waals surface area contributed by atoms with Gasteiger partial charge in [0.2, 0.25) is 0 Å². The van der Waals surface area contributed by atoms with Crippen LogP contribution in [-0.4, -0.2) is 44.5 Å². The van der Waals surface area contributed by atoms with Crippen molar-refractivity contribution >= 4 is 35.6 Å². The van der Waals surface area contributed by atoms with Crippen LogP contribution in [0.3, 0.4) is 0 Å². The Kier molecular flexibility index (Phi) is 5.42. The quantitative estimate of drug-likeness (QED) is 0.879. The van der Waals surface area contributed by atoms with Gasteiger partial charge in [-0.15, -0.1) is 12.4 Å². The standard InChI is InChI=1S/C16H22ClN5O.ClH/c1-16(2,3)7-10-8-21(9-11(10)18)15(23)13-12(17)14-19-5-4-6-22(14)20-13;/h4-6,10-11H,7-9,18H2,1-3H3;1H. The highest BCUT2D eigenvalue weighted by Gasteiger charge is 2.37. The molecule has 0 radical (unpaired) electrons. The van der Waals surface area contributed by atoms with E-state index >= 15 is 0 Å². The maximum Gasteiger partial charge on any atom is 0.276 e. The zero-order valence-corrected chi connectivity index (χ0v) is 15.6. The number of carbonyl (C=O) groups excluding carboxylic acids is 1. The number of nitrogens with two attached hydrogens (primary N) is 1. The van der Waals surface area contributed by atoms with Gasteiger partial charge in [-0.25, -0.2) is 9.50 Å². The second-order valence-electron chi connectivity index (χ2n) is 7.45. The van der Waals surface area contributed by atoms with Crippen molar-refractivity contribution in [1.82, 2.24) is 19.5 Å². The summed E-state index contributed by atoms with van der Waals surface area (Å²) in [6.07, 6.45) is 4.34. The van der Waals surface area contributed by atoms with Gasteiger partial charge < -0.3 is 10.6 Å². The van der Waals surface area contributed by atoms with E-state index in [0.717, 1.165) is 6.42 Å². The molecule has 0 bridgehead atoms. The number of hydrogen-bond donors (Lipinski definition) is 1. The zero-order chi connectivity index (χ0) is 16.8. The van der Waals surface area contributed by atoms with Crippen LogP contribution in [0.2, 0.25) is 5.02 Å². The van der Waals surface area contributed by atoms with Crippen molar-refractivity contribution in [3.63, 3.8) is 0 Å². The van der Waals surface area contributed by atoms with Gasteiger partial charge in [-0.3, -0.25) is 4.79 Å². The lowest BCUT2D eigenvalue weighted by Gasteiger charge is -2.24. The molecule has 0 aliphatic carbocycles. The van der Waals surface area contributed by atoms with E-state index in [-0.39, 0.29) is 35.5 Å². The largest absolute Gasteiger partial charge is 0.335 e. The summed E-state index contributed by atoms with van der Waals surface area (Å²) >= 11 is 6.29. The van der Waals surface area contributed by atoms with Gasteiger partial charge in [0.05, 0.1) is 0 Å². The summed E-state index contributed by atoms with van der Waals surface area (Å²) in [6.45, 7) is 7.75. The van der Waals surface area contributed by atoms with Gasteiger partial charge in [-0.1, -0.05) is 32.4 Å². The summed E-state index contributed by atoms with van der Waals surface area (Å²) in [6, 6.07) is 1.74. The maximum atomic E-state index is 12.8. The van der Waals surface area contributed by atoms with Crippen LogP contribution in [-0.2, 0) is 0 Å². The third-order valence-corrected chi connectivity index (χ3v) is 4.54. The number of nitrogens with zero attached hydrogens (tertiary/aromatic N) is 4. The van der Waals surface area contributed by atoms with Crippen LogP contribution in [0.15, 0.2) is 18.5 Å². The van der Waals surface area contributed by atoms with Gasteiger partial charge in [-0.05, 0) is 23.8 Å². The Hall–Kier alpha value is -1.37. The molecule has 2 aromatic rings. The lowest BCUT2D eigenvalue weighted by atomic mass is 9.83. The van der Waals surface area contributed by atoms with E-state index in [1.807, 2.05) is 0 Å². The summed E-state index contributed by atoms with van der Waals surface area (Å²) < 4.78 is 1.53. The van der Waals surface area contributed by atoms with E-state index in [1.54, 1.807) is 23.4 Å². The normalized spacial score (nSPS) is 21.1. The number of hydrogen-bond acceptors (Lipinski definition) is 4. The van der Waals surface area contributed by atoms with Gasteiger partial charge in [0.1, 0.15) is 5.02 Å². The molecule has 1 amide bonds. The molecule has 132 valence electrons. The Bertz CT molecular complexity index is 740. The van der Waals surface area contributed by atoms with Crippen molar-refractivity contribution in [2.45, 2.75) is 33.2 Å². The fourth-order valence-electron chi connectivity index (χ4n) is 3.21. The summed E-state index contributed by atoms with van der Waals surface area (Å²) in [7, 11) is 0. The van der Waals surface area contributed by atoms with Gasteiger partial charge in [0, 0.05) is 31.5 Å². The fourth-order valence-corrected chi connectivity index (χ4v) is 3.46. The minimum atomic E-state index is -0.174. The molecule has 0 aromatic carbocycles. The number of aromatic nitrogens is 3. The van der Waals surface area contributed by atoms with Crippen LogP contribution in [0.25, 0.3) is 5.65 Å². The average molecular weight is 372 g/mol. The molecule has 2 atom stereocenters. The molecule has 8 heteroatoms. The third kappa shape index (κ3) is 3.66. The van der Waals surface area contributed by atoms with E-state index in [0.29, 0.717) is 29.7 Å². The molecule has 1 fully saturated rings. The van der Waals surface area contributed by atoms with E-state index in [1.165, 1.54) is 4.52 Å². The molecule has 3 rings (SSSR count). The monoisotopic (exact) mass is 371 g/mol. The van der Waals surface area contributed by atoms with E-state index in [4.69, 9.17) is 17.3 Å². The third-order valence-electron chi connectivity index (χ3n) is 4.20. The number of carbonyl (C=O) groups is 1. The predicted octanol–water partition coefficient (Wildman–Crippen LogP) is 2.64. The zero-order valence-electron chi connectivity index (χ0n) is 14.1. The molecule has 2 unspecified atom stereocenters. The molecule has 2 aromatic heterocycles. The van der Waals surface area contributed by atoms with Crippen molar-refractivity contribution in [2.24, 2.45) is 17.1 Å².